The Kier molecular flexibility index (Phi) is 13.0. The van der Waals surface area contributed by atoms with E-state index >= 15 is 4.39 Å². The summed E-state index contributed by atoms with van der Waals surface area (Å²) in [4.78, 5) is 14.0. The molecule has 282 valence electrons. The van der Waals surface area contributed by atoms with Crippen LogP contribution in [0.5, 0.6) is 11.5 Å². The Morgan fingerprint density at radius 1 is 0.889 bits per heavy atom. The molecule has 7 nitrogen and oxygen atoms in total. The van der Waals surface area contributed by atoms with Crippen molar-refractivity contribution in [1.29, 1.82) is 0 Å². The third-order valence-corrected chi connectivity index (χ3v) is 10.7. The number of rotatable bonds is 17. The van der Waals surface area contributed by atoms with Gasteiger partial charge in [0.25, 0.3) is 0 Å². The number of carbonyl (C=O) groups is 1. The molecule has 0 aliphatic carbocycles. The van der Waals surface area contributed by atoms with Gasteiger partial charge in [0, 0.05) is 27.8 Å². The van der Waals surface area contributed by atoms with Crippen molar-refractivity contribution in [1.82, 2.24) is 0 Å². The van der Waals surface area contributed by atoms with Crippen LogP contribution in [0.1, 0.15) is 72.3 Å². The molecule has 0 atom stereocenters. The minimum atomic E-state index is -1.01. The summed E-state index contributed by atoms with van der Waals surface area (Å²) in [5, 5.41) is 9.76. The van der Waals surface area contributed by atoms with E-state index in [4.69, 9.17) is 18.9 Å². The van der Waals surface area contributed by atoms with Crippen molar-refractivity contribution in [2.24, 2.45) is 15.6 Å². The van der Waals surface area contributed by atoms with Crippen molar-refractivity contribution in [3.63, 3.8) is 0 Å². The molecule has 0 bridgehead atoms. The second-order valence-corrected chi connectivity index (χ2v) is 14.7. The molecule has 0 radical (unpaired) electrons. The van der Waals surface area contributed by atoms with Gasteiger partial charge in [-0.05, 0) is 105 Å². The third kappa shape index (κ3) is 9.63. The zero-order chi connectivity index (χ0) is 38.1. The molecule has 2 heterocycles. The first kappa shape index (κ1) is 38.9. The Hall–Kier alpha value is -4.84. The lowest BCUT2D eigenvalue weighted by atomic mass is 9.84. The maximum absolute atomic E-state index is 15.1. The highest BCUT2D eigenvalue weighted by molar-refractivity contribution is 7.20. The lowest BCUT2D eigenvalue weighted by Crippen LogP contribution is -2.45. The number of carbonyl (C=O) groups excluding carboxylic acids is 1. The van der Waals surface area contributed by atoms with Gasteiger partial charge in [0.2, 0.25) is 0 Å². The molecule has 1 aliphatic heterocycles. The van der Waals surface area contributed by atoms with E-state index in [1.807, 2.05) is 37.3 Å². The van der Waals surface area contributed by atoms with E-state index in [9.17, 15) is 13.6 Å². The first-order valence-corrected chi connectivity index (χ1v) is 18.9. The van der Waals surface area contributed by atoms with E-state index in [0.29, 0.717) is 42.0 Å². The molecule has 1 saturated heterocycles. The SMILES string of the molecule is CCC1(COCCCCCCOc2c(F)cc(C(=O)Oc3ccc(-c4ccc(C)cc4F)c(/C=N/N=C(\C)c4cc5ccccc5s4)c3)cc2F)COC1. The van der Waals surface area contributed by atoms with Crippen molar-refractivity contribution in [3.05, 3.63) is 118 Å². The van der Waals surface area contributed by atoms with Crippen LogP contribution >= 0.6 is 11.3 Å². The van der Waals surface area contributed by atoms with Gasteiger partial charge in [-0.1, -0.05) is 43.7 Å². The summed E-state index contributed by atoms with van der Waals surface area (Å²) in [5.41, 5.74) is 2.51. The summed E-state index contributed by atoms with van der Waals surface area (Å²) in [5.74, 6) is -3.91. The molecule has 6 rings (SSSR count). The molecule has 11 heteroatoms. The average Bonchev–Trinajstić information content (AvgIpc) is 3.58. The van der Waals surface area contributed by atoms with Crippen LogP contribution in [-0.4, -0.2) is 50.9 Å². The Bertz CT molecular complexity index is 2100. The van der Waals surface area contributed by atoms with Crippen molar-refractivity contribution >= 4 is 39.3 Å². The van der Waals surface area contributed by atoms with Gasteiger partial charge in [-0.2, -0.15) is 10.2 Å². The predicted molar refractivity (Wildman–Crippen MR) is 208 cm³/mol. The van der Waals surface area contributed by atoms with Gasteiger partial charge in [-0.3, -0.25) is 0 Å². The quantitative estimate of drug-likeness (QED) is 0.0310. The lowest BCUT2D eigenvalue weighted by Gasteiger charge is -2.40. The number of esters is 1. The van der Waals surface area contributed by atoms with Gasteiger partial charge in [-0.15, -0.1) is 11.3 Å². The van der Waals surface area contributed by atoms with Crippen LogP contribution in [-0.2, 0) is 9.47 Å². The monoisotopic (exact) mass is 756 g/mol. The third-order valence-electron chi connectivity index (χ3n) is 9.47. The molecule has 0 saturated carbocycles. The molecular weight excluding hydrogens is 714 g/mol. The topological polar surface area (TPSA) is 78.7 Å². The van der Waals surface area contributed by atoms with Gasteiger partial charge < -0.3 is 18.9 Å². The largest absolute Gasteiger partial charge is 0.488 e. The van der Waals surface area contributed by atoms with Crippen LogP contribution < -0.4 is 9.47 Å². The van der Waals surface area contributed by atoms with Crippen LogP contribution in [0.25, 0.3) is 21.2 Å². The minimum Gasteiger partial charge on any atom is -0.488 e. The van der Waals surface area contributed by atoms with E-state index in [2.05, 4.69) is 17.1 Å². The average molecular weight is 757 g/mol. The van der Waals surface area contributed by atoms with E-state index in [1.54, 1.807) is 36.5 Å². The van der Waals surface area contributed by atoms with E-state index in [-0.39, 0.29) is 23.3 Å². The zero-order valence-electron chi connectivity index (χ0n) is 30.6. The number of aryl methyl sites for hydroxylation is 1. The highest BCUT2D eigenvalue weighted by Gasteiger charge is 2.36. The van der Waals surface area contributed by atoms with Crippen molar-refractivity contribution in [2.45, 2.75) is 52.9 Å². The number of ether oxygens (including phenoxy) is 4. The number of unbranched alkanes of at least 4 members (excludes halogenated alkanes) is 3. The summed E-state index contributed by atoms with van der Waals surface area (Å²) in [6.07, 6.45) is 5.71. The summed E-state index contributed by atoms with van der Waals surface area (Å²) in [6, 6.07) is 21.3. The summed E-state index contributed by atoms with van der Waals surface area (Å²) < 4.78 is 68.3. The Balaban J connectivity index is 1.08. The molecule has 0 N–H and O–H groups in total. The van der Waals surface area contributed by atoms with Gasteiger partial charge in [-0.25, -0.2) is 18.0 Å². The number of nitrogens with zero attached hydrogens (tertiary/aromatic N) is 2. The number of hydrogen-bond acceptors (Lipinski definition) is 8. The van der Waals surface area contributed by atoms with E-state index in [1.165, 1.54) is 24.4 Å². The van der Waals surface area contributed by atoms with Crippen LogP contribution in [0.15, 0.2) is 89.1 Å². The van der Waals surface area contributed by atoms with Crippen molar-refractivity contribution in [3.8, 4) is 22.6 Å². The van der Waals surface area contributed by atoms with E-state index in [0.717, 1.165) is 71.6 Å². The highest BCUT2D eigenvalue weighted by atomic mass is 32.1. The molecule has 1 aliphatic rings. The lowest BCUT2D eigenvalue weighted by molar-refractivity contribution is -0.150. The number of fused-ring (bicyclic) bond motifs is 1. The number of benzene rings is 4. The number of hydrogen-bond donors (Lipinski definition) is 0. The molecule has 1 aromatic heterocycles. The highest BCUT2D eigenvalue weighted by Crippen LogP contribution is 2.32. The fourth-order valence-electron chi connectivity index (χ4n) is 6.07. The molecule has 4 aromatic carbocycles. The second kappa shape index (κ2) is 18.0. The van der Waals surface area contributed by atoms with Crippen molar-refractivity contribution < 1.29 is 36.9 Å². The molecule has 0 spiro atoms. The van der Waals surface area contributed by atoms with Crippen LogP contribution in [0.4, 0.5) is 13.2 Å². The summed E-state index contributed by atoms with van der Waals surface area (Å²) >= 11 is 1.60. The maximum atomic E-state index is 15.1. The van der Waals surface area contributed by atoms with Gasteiger partial charge >= 0.3 is 5.97 Å². The second-order valence-electron chi connectivity index (χ2n) is 13.6. The fraction of sp³-hybridized carbons (Fsp3) is 0.326. The maximum Gasteiger partial charge on any atom is 0.343 e. The van der Waals surface area contributed by atoms with Gasteiger partial charge in [0.1, 0.15) is 11.6 Å². The summed E-state index contributed by atoms with van der Waals surface area (Å²) in [7, 11) is 0. The normalized spacial score (nSPS) is 14.1. The van der Waals surface area contributed by atoms with Gasteiger partial charge in [0.15, 0.2) is 17.4 Å². The summed E-state index contributed by atoms with van der Waals surface area (Å²) in [6.45, 7) is 8.79. The molecule has 0 amide bonds. The Morgan fingerprint density at radius 2 is 1.63 bits per heavy atom. The van der Waals surface area contributed by atoms with Gasteiger partial charge in [0.05, 0.1) is 48.8 Å². The standard InChI is InChI=1S/C43H43F3N2O5S/c1-4-43(26-51-27-43)25-50-17-9-5-6-10-18-52-41-37(45)21-31(22-38(41)46)42(49)53-33-14-16-34(35-15-13-28(2)19-36(35)44)32(20-33)24-47-48-29(3)40-23-30-11-7-8-12-39(30)54-40/h7-8,11-16,19-24H,4-6,9-10,17-18,25-27H2,1-3H3/b47-24+,48-29+. The van der Waals surface area contributed by atoms with Crippen LogP contribution in [0, 0.1) is 29.8 Å². The fourth-order valence-corrected chi connectivity index (χ4v) is 7.07. The minimum absolute atomic E-state index is 0.0661. The molecular formula is C43H43F3N2O5S. The van der Waals surface area contributed by atoms with Crippen LogP contribution in [0.2, 0.25) is 0 Å². The van der Waals surface area contributed by atoms with Crippen molar-refractivity contribution in [2.75, 3.05) is 33.0 Å². The van der Waals surface area contributed by atoms with E-state index < -0.39 is 29.2 Å². The predicted octanol–water partition coefficient (Wildman–Crippen LogP) is 10.7. The number of halogens is 3. The zero-order valence-corrected chi connectivity index (χ0v) is 31.4. The first-order chi connectivity index (χ1) is 26.1. The Morgan fingerprint density at radius 3 is 2.33 bits per heavy atom. The molecule has 0 unspecified atom stereocenters. The Labute approximate surface area is 317 Å². The van der Waals surface area contributed by atoms with Crippen LogP contribution in [0.3, 0.4) is 0 Å². The number of thiophene rings is 1. The molecule has 5 aromatic rings. The smallest absolute Gasteiger partial charge is 0.343 e. The molecule has 54 heavy (non-hydrogen) atoms. The first-order valence-electron chi connectivity index (χ1n) is 18.1. The molecule has 1 fully saturated rings.